The summed E-state index contributed by atoms with van der Waals surface area (Å²) in [6, 6.07) is 10.7. The number of hydrogen-bond donors (Lipinski definition) is 1. The number of benzene rings is 2. The van der Waals surface area contributed by atoms with Crippen LogP contribution in [-0.2, 0) is 0 Å². The molecule has 0 heterocycles. The van der Waals surface area contributed by atoms with E-state index in [1.54, 1.807) is 20.3 Å². The third-order valence-corrected chi connectivity index (χ3v) is 3.36. The maximum Gasteiger partial charge on any atom is 0.251 e. The van der Waals surface area contributed by atoms with Gasteiger partial charge in [0.25, 0.3) is 5.91 Å². The van der Waals surface area contributed by atoms with Crippen LogP contribution in [0.2, 0.25) is 0 Å². The van der Waals surface area contributed by atoms with Crippen molar-refractivity contribution < 1.29 is 18.7 Å². The number of hydrogen-bond acceptors (Lipinski definition) is 3. The molecule has 1 N–H and O–H groups in total. The zero-order valence-corrected chi connectivity index (χ0v) is 12.7. The van der Waals surface area contributed by atoms with E-state index in [4.69, 9.17) is 9.47 Å². The lowest BCUT2D eigenvalue weighted by Crippen LogP contribution is -2.26. The van der Waals surface area contributed by atoms with Crippen molar-refractivity contribution in [1.82, 2.24) is 5.32 Å². The van der Waals surface area contributed by atoms with Crippen molar-refractivity contribution in [1.29, 1.82) is 0 Å². The molecule has 0 aliphatic rings. The van der Waals surface area contributed by atoms with Crippen LogP contribution in [-0.4, -0.2) is 20.1 Å². The second-order valence-electron chi connectivity index (χ2n) is 4.82. The first-order chi connectivity index (χ1) is 10.5. The Labute approximate surface area is 128 Å². The predicted octanol–water partition coefficient (Wildman–Crippen LogP) is 3.33. The van der Waals surface area contributed by atoms with E-state index in [-0.39, 0.29) is 17.8 Å². The first-order valence-corrected chi connectivity index (χ1v) is 6.83. The summed E-state index contributed by atoms with van der Waals surface area (Å²) in [5.74, 6) is 0.595. The summed E-state index contributed by atoms with van der Waals surface area (Å²) in [7, 11) is 3.13. The standard InChI is InChI=1S/C17H18FNO3/c1-11(13-6-9-15(21-2)16(10-13)22-3)19-17(20)12-4-7-14(18)8-5-12/h4-11H,1-3H3,(H,19,20)/t11-/m0/s1. The Morgan fingerprint density at radius 2 is 1.68 bits per heavy atom. The molecule has 1 atom stereocenters. The molecule has 0 radical (unpaired) electrons. The molecule has 0 saturated carbocycles. The molecule has 2 aromatic carbocycles. The van der Waals surface area contributed by atoms with Crippen LogP contribution in [0.25, 0.3) is 0 Å². The molecule has 2 aromatic rings. The van der Waals surface area contributed by atoms with Gasteiger partial charge in [-0.2, -0.15) is 0 Å². The summed E-state index contributed by atoms with van der Waals surface area (Å²) in [4.78, 5) is 12.1. The van der Waals surface area contributed by atoms with Crippen LogP contribution < -0.4 is 14.8 Å². The molecule has 0 saturated heterocycles. The molecular formula is C17H18FNO3. The van der Waals surface area contributed by atoms with Crippen LogP contribution in [0.3, 0.4) is 0 Å². The minimum Gasteiger partial charge on any atom is -0.493 e. The largest absolute Gasteiger partial charge is 0.493 e. The van der Waals surface area contributed by atoms with Gasteiger partial charge in [0.15, 0.2) is 11.5 Å². The number of amides is 1. The van der Waals surface area contributed by atoms with Crippen LogP contribution in [0.4, 0.5) is 4.39 Å². The van der Waals surface area contributed by atoms with E-state index >= 15 is 0 Å². The summed E-state index contributed by atoms with van der Waals surface area (Å²) in [5.41, 5.74) is 1.29. The summed E-state index contributed by atoms with van der Waals surface area (Å²) < 4.78 is 23.3. The number of carbonyl (C=O) groups is 1. The van der Waals surface area contributed by atoms with E-state index in [0.29, 0.717) is 17.1 Å². The predicted molar refractivity (Wildman–Crippen MR) is 81.8 cm³/mol. The Morgan fingerprint density at radius 1 is 1.05 bits per heavy atom. The van der Waals surface area contributed by atoms with E-state index in [2.05, 4.69) is 5.32 Å². The summed E-state index contributed by atoms with van der Waals surface area (Å²) in [5, 5.41) is 2.86. The van der Waals surface area contributed by atoms with Crippen LogP contribution in [0.1, 0.15) is 28.9 Å². The molecule has 5 heteroatoms. The number of methoxy groups -OCH3 is 2. The fraction of sp³-hybridized carbons (Fsp3) is 0.235. The molecule has 0 unspecified atom stereocenters. The van der Waals surface area contributed by atoms with Gasteiger partial charge in [0.1, 0.15) is 5.82 Å². The Balaban J connectivity index is 2.13. The normalized spacial score (nSPS) is 11.6. The number of halogens is 1. The zero-order valence-electron chi connectivity index (χ0n) is 12.7. The highest BCUT2D eigenvalue weighted by Crippen LogP contribution is 2.29. The highest BCUT2D eigenvalue weighted by molar-refractivity contribution is 5.94. The van der Waals surface area contributed by atoms with Gasteiger partial charge in [0.05, 0.1) is 20.3 Å². The number of rotatable bonds is 5. The highest BCUT2D eigenvalue weighted by Gasteiger charge is 2.14. The second kappa shape index (κ2) is 6.93. The molecule has 0 spiro atoms. The molecule has 0 bridgehead atoms. The van der Waals surface area contributed by atoms with Gasteiger partial charge in [-0.1, -0.05) is 6.07 Å². The summed E-state index contributed by atoms with van der Waals surface area (Å²) in [6.07, 6.45) is 0. The molecule has 22 heavy (non-hydrogen) atoms. The SMILES string of the molecule is COc1ccc([C@H](C)NC(=O)c2ccc(F)cc2)cc1OC. The average Bonchev–Trinajstić information content (AvgIpc) is 2.54. The molecule has 0 aliphatic carbocycles. The number of nitrogens with one attached hydrogen (secondary N) is 1. The first-order valence-electron chi connectivity index (χ1n) is 6.83. The van der Waals surface area contributed by atoms with Crippen LogP contribution in [0, 0.1) is 5.82 Å². The lowest BCUT2D eigenvalue weighted by atomic mass is 10.1. The van der Waals surface area contributed by atoms with Gasteiger partial charge in [-0.25, -0.2) is 4.39 Å². The van der Waals surface area contributed by atoms with Gasteiger partial charge in [-0.3, -0.25) is 4.79 Å². The second-order valence-corrected chi connectivity index (χ2v) is 4.82. The summed E-state index contributed by atoms with van der Waals surface area (Å²) in [6.45, 7) is 1.86. The van der Waals surface area contributed by atoms with Crippen molar-refractivity contribution in [3.8, 4) is 11.5 Å². The van der Waals surface area contributed by atoms with Crippen molar-refractivity contribution in [2.75, 3.05) is 14.2 Å². The monoisotopic (exact) mass is 303 g/mol. The van der Waals surface area contributed by atoms with E-state index < -0.39 is 0 Å². The Morgan fingerprint density at radius 3 is 2.27 bits per heavy atom. The minimum atomic E-state index is -0.371. The van der Waals surface area contributed by atoms with Gasteiger partial charge < -0.3 is 14.8 Å². The van der Waals surface area contributed by atoms with Crippen molar-refractivity contribution >= 4 is 5.91 Å². The quantitative estimate of drug-likeness (QED) is 0.921. The third-order valence-electron chi connectivity index (χ3n) is 3.36. The molecular weight excluding hydrogens is 285 g/mol. The maximum absolute atomic E-state index is 12.9. The first kappa shape index (κ1) is 15.8. The molecule has 116 valence electrons. The van der Waals surface area contributed by atoms with Crippen molar-refractivity contribution in [2.45, 2.75) is 13.0 Å². The van der Waals surface area contributed by atoms with Crippen molar-refractivity contribution in [2.24, 2.45) is 0 Å². The van der Waals surface area contributed by atoms with Gasteiger partial charge >= 0.3 is 0 Å². The Bertz CT molecular complexity index is 655. The lowest BCUT2D eigenvalue weighted by molar-refractivity contribution is 0.0940. The van der Waals surface area contributed by atoms with Gasteiger partial charge in [0.2, 0.25) is 0 Å². The lowest BCUT2D eigenvalue weighted by Gasteiger charge is -2.16. The maximum atomic E-state index is 12.9. The Kier molecular flexibility index (Phi) is 4.99. The topological polar surface area (TPSA) is 47.6 Å². The highest BCUT2D eigenvalue weighted by atomic mass is 19.1. The smallest absolute Gasteiger partial charge is 0.251 e. The van der Waals surface area contributed by atoms with Crippen LogP contribution >= 0.6 is 0 Å². The number of carbonyl (C=O) groups excluding carboxylic acids is 1. The fourth-order valence-electron chi connectivity index (χ4n) is 2.09. The molecule has 4 nitrogen and oxygen atoms in total. The molecule has 2 rings (SSSR count). The third kappa shape index (κ3) is 3.55. The number of ether oxygens (including phenoxy) is 2. The van der Waals surface area contributed by atoms with Gasteiger partial charge in [-0.15, -0.1) is 0 Å². The average molecular weight is 303 g/mol. The Hall–Kier alpha value is -2.56. The van der Waals surface area contributed by atoms with E-state index in [1.165, 1.54) is 24.3 Å². The molecule has 0 aliphatic heterocycles. The zero-order chi connectivity index (χ0) is 16.1. The van der Waals surface area contributed by atoms with Crippen molar-refractivity contribution in [3.05, 3.63) is 59.4 Å². The van der Waals surface area contributed by atoms with E-state index in [0.717, 1.165) is 5.56 Å². The van der Waals surface area contributed by atoms with Gasteiger partial charge in [0, 0.05) is 5.56 Å². The van der Waals surface area contributed by atoms with Crippen LogP contribution in [0.5, 0.6) is 11.5 Å². The molecule has 0 fully saturated rings. The van der Waals surface area contributed by atoms with Crippen molar-refractivity contribution in [3.63, 3.8) is 0 Å². The van der Waals surface area contributed by atoms with E-state index in [9.17, 15) is 9.18 Å². The van der Waals surface area contributed by atoms with E-state index in [1.807, 2.05) is 19.1 Å². The fourth-order valence-corrected chi connectivity index (χ4v) is 2.09. The van der Waals surface area contributed by atoms with Crippen LogP contribution in [0.15, 0.2) is 42.5 Å². The molecule has 0 aromatic heterocycles. The van der Waals surface area contributed by atoms with Gasteiger partial charge in [-0.05, 0) is 48.9 Å². The minimum absolute atomic E-state index is 0.225. The summed E-state index contributed by atoms with van der Waals surface area (Å²) >= 11 is 0. The molecule has 1 amide bonds.